The minimum absolute atomic E-state index is 0.0783. The maximum atomic E-state index is 11.8. The molecule has 2 heteroatoms. The minimum atomic E-state index is -0.186. The predicted molar refractivity (Wildman–Crippen MR) is 130 cm³/mol. The molecule has 0 radical (unpaired) electrons. The number of hydrogen-bond donors (Lipinski definition) is 0. The molecule has 0 amide bonds. The van der Waals surface area contributed by atoms with Gasteiger partial charge in [-0.1, -0.05) is 77.9 Å². The Kier molecular flexibility index (Phi) is 4.25. The minimum Gasteiger partial charge on any atom is -0.309 e. The maximum absolute atomic E-state index is 11.8. The van der Waals surface area contributed by atoms with Crippen LogP contribution in [0.2, 0.25) is 0 Å². The van der Waals surface area contributed by atoms with Crippen molar-refractivity contribution in [1.29, 1.82) is 0 Å². The third-order valence-electron chi connectivity index (χ3n) is 7.63. The number of aryl methyl sites for hydroxylation is 2. The van der Waals surface area contributed by atoms with Gasteiger partial charge in [-0.2, -0.15) is 0 Å². The first-order chi connectivity index (χ1) is 14.8. The Morgan fingerprint density at radius 2 is 1.23 bits per heavy atom. The molecule has 0 saturated carbocycles. The SMILES string of the molecule is CCc1cccc2c1N1c3c(CC)cc(C=O)cc3C(C)(C)c3cccc(c31)C2(C)C. The summed E-state index contributed by atoms with van der Waals surface area (Å²) in [5.74, 6) is 0. The quantitative estimate of drug-likeness (QED) is 0.421. The lowest BCUT2D eigenvalue weighted by molar-refractivity contribution is 0.112. The van der Waals surface area contributed by atoms with Gasteiger partial charge in [0.25, 0.3) is 0 Å². The van der Waals surface area contributed by atoms with Crippen molar-refractivity contribution in [1.82, 2.24) is 0 Å². The Bertz CT molecular complexity index is 1230. The summed E-state index contributed by atoms with van der Waals surface area (Å²) in [6.07, 6.45) is 2.87. The number of aldehydes is 1. The second kappa shape index (κ2) is 6.56. The molecule has 0 bridgehead atoms. The van der Waals surface area contributed by atoms with Gasteiger partial charge < -0.3 is 4.90 Å². The summed E-state index contributed by atoms with van der Waals surface area (Å²) >= 11 is 0. The van der Waals surface area contributed by atoms with Gasteiger partial charge in [-0.05, 0) is 58.4 Å². The normalized spacial score (nSPS) is 16.9. The van der Waals surface area contributed by atoms with Crippen LogP contribution in [-0.4, -0.2) is 6.29 Å². The van der Waals surface area contributed by atoms with Gasteiger partial charge in [-0.15, -0.1) is 0 Å². The van der Waals surface area contributed by atoms with Crippen molar-refractivity contribution < 1.29 is 4.79 Å². The number of para-hydroxylation sites is 2. The van der Waals surface area contributed by atoms with Crippen LogP contribution in [0.1, 0.15) is 85.3 Å². The Balaban J connectivity index is 2.00. The zero-order valence-electron chi connectivity index (χ0n) is 19.5. The lowest BCUT2D eigenvalue weighted by Gasteiger charge is -2.50. The summed E-state index contributed by atoms with van der Waals surface area (Å²) in [6, 6.07) is 17.8. The van der Waals surface area contributed by atoms with Crippen molar-refractivity contribution in [3.05, 3.63) is 87.5 Å². The number of anilines is 3. The second-order valence-electron chi connectivity index (χ2n) is 10.0. The molecule has 3 aromatic rings. The lowest BCUT2D eigenvalue weighted by atomic mass is 9.65. The van der Waals surface area contributed by atoms with Crippen molar-refractivity contribution in [2.75, 3.05) is 4.90 Å². The summed E-state index contributed by atoms with van der Waals surface area (Å²) in [7, 11) is 0. The molecule has 0 N–H and O–H groups in total. The van der Waals surface area contributed by atoms with E-state index in [1.807, 2.05) is 0 Å². The van der Waals surface area contributed by atoms with Gasteiger partial charge in [-0.3, -0.25) is 4.79 Å². The van der Waals surface area contributed by atoms with Crippen molar-refractivity contribution >= 4 is 23.3 Å². The van der Waals surface area contributed by atoms with Gasteiger partial charge in [-0.25, -0.2) is 0 Å². The molecule has 0 aromatic heterocycles. The lowest BCUT2D eigenvalue weighted by Crippen LogP contribution is -2.39. The second-order valence-corrected chi connectivity index (χ2v) is 10.0. The molecule has 5 rings (SSSR count). The highest BCUT2D eigenvalue weighted by molar-refractivity contribution is 5.96. The summed E-state index contributed by atoms with van der Waals surface area (Å²) in [5, 5.41) is 0. The molecular formula is C29H31NO. The van der Waals surface area contributed by atoms with E-state index >= 15 is 0 Å². The van der Waals surface area contributed by atoms with Gasteiger partial charge >= 0.3 is 0 Å². The van der Waals surface area contributed by atoms with Crippen LogP contribution < -0.4 is 4.90 Å². The Morgan fingerprint density at radius 1 is 0.710 bits per heavy atom. The zero-order chi connectivity index (χ0) is 22.1. The van der Waals surface area contributed by atoms with E-state index in [9.17, 15) is 4.79 Å². The number of fused-ring (bicyclic) bond motifs is 4. The monoisotopic (exact) mass is 409 g/mol. The Morgan fingerprint density at radius 3 is 1.81 bits per heavy atom. The first-order valence-electron chi connectivity index (χ1n) is 11.5. The largest absolute Gasteiger partial charge is 0.309 e. The molecule has 2 nitrogen and oxygen atoms in total. The third-order valence-corrected chi connectivity index (χ3v) is 7.63. The van der Waals surface area contributed by atoms with E-state index in [1.165, 1.54) is 50.4 Å². The molecule has 2 heterocycles. The number of carbonyl (C=O) groups excluding carboxylic acids is 1. The van der Waals surface area contributed by atoms with Crippen molar-refractivity contribution in [2.24, 2.45) is 0 Å². The average Bonchev–Trinajstić information content (AvgIpc) is 2.77. The molecule has 0 aliphatic carbocycles. The molecule has 31 heavy (non-hydrogen) atoms. The molecule has 2 aliphatic heterocycles. The standard InChI is InChI=1S/C29H31NO/c1-7-19-11-9-12-21-25(19)30-26-20(8-2)15-18(17-31)16-24(26)29(5,6)23-14-10-13-22(27(23)30)28(21,3)4/h9-17H,7-8H2,1-6H3. The Hall–Kier alpha value is -2.87. The summed E-state index contributed by atoms with van der Waals surface area (Å²) in [5.41, 5.74) is 12.4. The van der Waals surface area contributed by atoms with Gasteiger partial charge in [0.05, 0.1) is 17.1 Å². The van der Waals surface area contributed by atoms with Crippen LogP contribution in [0.3, 0.4) is 0 Å². The van der Waals surface area contributed by atoms with E-state index in [4.69, 9.17) is 0 Å². The van der Waals surface area contributed by atoms with Crippen molar-refractivity contribution in [3.63, 3.8) is 0 Å². The summed E-state index contributed by atoms with van der Waals surface area (Å²) in [4.78, 5) is 14.3. The topological polar surface area (TPSA) is 20.3 Å². The third kappa shape index (κ3) is 2.48. The maximum Gasteiger partial charge on any atom is 0.150 e. The van der Waals surface area contributed by atoms with Crippen LogP contribution in [0.5, 0.6) is 0 Å². The van der Waals surface area contributed by atoms with E-state index in [0.29, 0.717) is 0 Å². The van der Waals surface area contributed by atoms with Gasteiger partial charge in [0.15, 0.2) is 0 Å². The number of carbonyl (C=O) groups is 1. The highest BCUT2D eigenvalue weighted by atomic mass is 16.1. The highest BCUT2D eigenvalue weighted by Crippen LogP contribution is 2.61. The van der Waals surface area contributed by atoms with Crippen LogP contribution >= 0.6 is 0 Å². The van der Waals surface area contributed by atoms with Crippen LogP contribution in [-0.2, 0) is 23.7 Å². The molecular weight excluding hydrogens is 378 g/mol. The highest BCUT2D eigenvalue weighted by Gasteiger charge is 2.46. The molecule has 2 aliphatic rings. The molecule has 0 spiro atoms. The molecule has 158 valence electrons. The van der Waals surface area contributed by atoms with Crippen molar-refractivity contribution in [3.8, 4) is 0 Å². The molecule has 0 unspecified atom stereocenters. The van der Waals surface area contributed by atoms with Crippen LogP contribution in [0, 0.1) is 0 Å². The molecule has 3 aromatic carbocycles. The Labute approximate surface area is 185 Å². The van der Waals surface area contributed by atoms with Gasteiger partial charge in [0.2, 0.25) is 0 Å². The average molecular weight is 410 g/mol. The van der Waals surface area contributed by atoms with E-state index in [-0.39, 0.29) is 10.8 Å². The fourth-order valence-corrected chi connectivity index (χ4v) is 5.86. The van der Waals surface area contributed by atoms with E-state index in [0.717, 1.165) is 24.7 Å². The fraction of sp³-hybridized carbons (Fsp3) is 0.345. The number of nitrogens with zero attached hydrogens (tertiary/aromatic N) is 1. The molecule has 0 atom stereocenters. The van der Waals surface area contributed by atoms with Crippen molar-refractivity contribution in [2.45, 2.75) is 65.2 Å². The van der Waals surface area contributed by atoms with Gasteiger partial charge in [0.1, 0.15) is 6.29 Å². The summed E-state index contributed by atoms with van der Waals surface area (Å²) < 4.78 is 0. The van der Waals surface area contributed by atoms with Gasteiger partial charge in [0, 0.05) is 16.4 Å². The van der Waals surface area contributed by atoms with E-state index < -0.39 is 0 Å². The number of hydrogen-bond acceptors (Lipinski definition) is 2. The smallest absolute Gasteiger partial charge is 0.150 e. The number of rotatable bonds is 3. The van der Waals surface area contributed by atoms with E-state index in [2.05, 4.69) is 95.0 Å². The first-order valence-corrected chi connectivity index (χ1v) is 11.5. The van der Waals surface area contributed by atoms with Crippen LogP contribution in [0.15, 0.2) is 48.5 Å². The molecule has 0 saturated heterocycles. The predicted octanol–water partition coefficient (Wildman–Crippen LogP) is 7.37. The van der Waals surface area contributed by atoms with E-state index in [1.54, 1.807) is 0 Å². The summed E-state index contributed by atoms with van der Waals surface area (Å²) in [6.45, 7) is 13.8. The van der Waals surface area contributed by atoms with Crippen LogP contribution in [0.25, 0.3) is 0 Å². The van der Waals surface area contributed by atoms with Crippen LogP contribution in [0.4, 0.5) is 17.1 Å². The first kappa shape index (κ1) is 20.1. The molecule has 0 fully saturated rings. The number of benzene rings is 3. The zero-order valence-corrected chi connectivity index (χ0v) is 19.5. The fourth-order valence-electron chi connectivity index (χ4n) is 5.86.